The molecule has 0 radical (unpaired) electrons. The Kier molecular flexibility index (Phi) is 3.98. The zero-order chi connectivity index (χ0) is 17.7. The molecule has 1 amide bonds. The number of fused-ring (bicyclic) bond motifs is 2. The van der Waals surface area contributed by atoms with Gasteiger partial charge in [0.15, 0.2) is 0 Å². The molecule has 136 valence electrons. The van der Waals surface area contributed by atoms with Crippen LogP contribution >= 0.6 is 11.6 Å². The van der Waals surface area contributed by atoms with Gasteiger partial charge < -0.3 is 9.88 Å². The maximum atomic E-state index is 12.4. The second kappa shape index (κ2) is 6.35. The molecule has 1 saturated carbocycles. The Labute approximate surface area is 157 Å². The first-order valence-corrected chi connectivity index (χ1v) is 9.73. The first kappa shape index (κ1) is 16.3. The molecule has 7 heteroatoms. The highest BCUT2D eigenvalue weighted by molar-refractivity contribution is 6.30. The molecule has 3 aliphatic rings. The van der Waals surface area contributed by atoms with E-state index in [9.17, 15) is 4.79 Å². The number of rotatable bonds is 4. The lowest BCUT2D eigenvalue weighted by Crippen LogP contribution is -2.33. The van der Waals surface area contributed by atoms with Gasteiger partial charge in [-0.15, -0.1) is 10.2 Å². The Balaban J connectivity index is 1.27. The summed E-state index contributed by atoms with van der Waals surface area (Å²) in [7, 11) is 0. The van der Waals surface area contributed by atoms with Crippen LogP contribution in [0.2, 0.25) is 5.02 Å². The molecule has 2 aliphatic heterocycles. The quantitative estimate of drug-likeness (QED) is 0.894. The Morgan fingerprint density at radius 3 is 2.65 bits per heavy atom. The van der Waals surface area contributed by atoms with Crippen molar-refractivity contribution in [1.29, 1.82) is 0 Å². The van der Waals surface area contributed by atoms with E-state index in [1.54, 1.807) is 0 Å². The molecule has 0 unspecified atom stereocenters. The average Bonchev–Trinajstić information content (AvgIpc) is 3.20. The number of likely N-dealkylation sites (tertiary alicyclic amines) is 1. The molecule has 1 N–H and O–H groups in total. The Bertz CT molecular complexity index is 829. The third kappa shape index (κ3) is 3.12. The van der Waals surface area contributed by atoms with Crippen LogP contribution in [-0.4, -0.2) is 44.7 Å². The smallest absolute Gasteiger partial charge is 0.289 e. The molecule has 6 nitrogen and oxygen atoms in total. The Morgan fingerprint density at radius 2 is 1.88 bits per heavy atom. The fraction of sp³-hybridized carbons (Fsp3) is 0.526. The number of nitrogens with one attached hydrogen (secondary N) is 1. The molecular formula is C19H22ClN5O. The van der Waals surface area contributed by atoms with Crippen molar-refractivity contribution in [2.75, 3.05) is 13.1 Å². The molecule has 0 spiro atoms. The summed E-state index contributed by atoms with van der Waals surface area (Å²) in [5.41, 5.74) is 1.29. The van der Waals surface area contributed by atoms with Gasteiger partial charge >= 0.3 is 0 Å². The van der Waals surface area contributed by atoms with Gasteiger partial charge in [-0.3, -0.25) is 9.69 Å². The minimum absolute atomic E-state index is 0.0688. The molecule has 2 aromatic rings. The molecule has 2 fully saturated rings. The minimum atomic E-state index is -0.0688. The van der Waals surface area contributed by atoms with Crippen molar-refractivity contribution in [3.63, 3.8) is 0 Å². The van der Waals surface area contributed by atoms with E-state index in [-0.39, 0.29) is 5.91 Å². The Morgan fingerprint density at radius 1 is 1.12 bits per heavy atom. The molecule has 0 bridgehead atoms. The number of hydrogen-bond donors (Lipinski definition) is 1. The summed E-state index contributed by atoms with van der Waals surface area (Å²) in [5, 5.41) is 12.3. The highest BCUT2D eigenvalue weighted by Crippen LogP contribution is 2.33. The van der Waals surface area contributed by atoms with Crippen LogP contribution in [0, 0.1) is 11.8 Å². The van der Waals surface area contributed by atoms with Crippen molar-refractivity contribution in [2.45, 2.75) is 38.4 Å². The molecule has 1 aromatic heterocycles. The van der Waals surface area contributed by atoms with Gasteiger partial charge in [0, 0.05) is 43.7 Å². The molecule has 26 heavy (non-hydrogen) atoms. The number of aromatic nitrogens is 3. The molecular weight excluding hydrogens is 350 g/mol. The van der Waals surface area contributed by atoms with Gasteiger partial charge in [0.1, 0.15) is 5.82 Å². The molecule has 1 saturated heterocycles. The minimum Gasteiger partial charge on any atom is -0.347 e. The second-order valence-electron chi connectivity index (χ2n) is 7.84. The van der Waals surface area contributed by atoms with Crippen molar-refractivity contribution >= 4 is 17.5 Å². The monoisotopic (exact) mass is 371 g/mol. The van der Waals surface area contributed by atoms with E-state index >= 15 is 0 Å². The van der Waals surface area contributed by atoms with E-state index in [1.807, 2.05) is 16.7 Å². The average molecular weight is 372 g/mol. The molecule has 5 rings (SSSR count). The van der Waals surface area contributed by atoms with Crippen LogP contribution in [0.15, 0.2) is 24.3 Å². The summed E-state index contributed by atoms with van der Waals surface area (Å²) in [6.45, 7) is 3.91. The standard InChI is InChI=1S/C19H22ClN5O/c20-15-3-1-12(2-4-15)8-24-9-13-7-17-22-23-18(19(26)21-16-5-6-16)25(17)11-14(13)10-24/h1-4,13-14,16H,5-11H2,(H,21,26)/t13-,14+/m1/s1. The number of nitrogens with zero attached hydrogens (tertiary/aromatic N) is 4. The highest BCUT2D eigenvalue weighted by atomic mass is 35.5. The normalized spacial score (nSPS) is 25.0. The second-order valence-corrected chi connectivity index (χ2v) is 8.28. The van der Waals surface area contributed by atoms with Crippen LogP contribution in [0.4, 0.5) is 0 Å². The third-order valence-corrected chi connectivity index (χ3v) is 6.03. The van der Waals surface area contributed by atoms with Gasteiger partial charge in [0.2, 0.25) is 5.82 Å². The summed E-state index contributed by atoms with van der Waals surface area (Å²) in [6, 6.07) is 8.44. The number of benzene rings is 1. The van der Waals surface area contributed by atoms with E-state index in [4.69, 9.17) is 11.6 Å². The van der Waals surface area contributed by atoms with Gasteiger partial charge in [-0.05, 0) is 42.4 Å². The van der Waals surface area contributed by atoms with Gasteiger partial charge in [0.05, 0.1) is 0 Å². The largest absolute Gasteiger partial charge is 0.347 e. The van der Waals surface area contributed by atoms with E-state index < -0.39 is 0 Å². The van der Waals surface area contributed by atoms with Crippen LogP contribution < -0.4 is 5.32 Å². The maximum absolute atomic E-state index is 12.4. The number of carbonyl (C=O) groups is 1. The van der Waals surface area contributed by atoms with Crippen molar-refractivity contribution in [3.8, 4) is 0 Å². The molecule has 3 heterocycles. The first-order chi connectivity index (χ1) is 12.7. The fourth-order valence-corrected chi connectivity index (χ4v) is 4.37. The topological polar surface area (TPSA) is 63.1 Å². The van der Waals surface area contributed by atoms with Crippen LogP contribution in [0.3, 0.4) is 0 Å². The van der Waals surface area contributed by atoms with Gasteiger partial charge in [0.25, 0.3) is 5.91 Å². The van der Waals surface area contributed by atoms with Crippen molar-refractivity contribution in [2.24, 2.45) is 11.8 Å². The first-order valence-electron chi connectivity index (χ1n) is 9.35. The summed E-state index contributed by atoms with van der Waals surface area (Å²) in [4.78, 5) is 14.9. The number of halogens is 1. The number of carbonyl (C=O) groups excluding carboxylic acids is 1. The van der Waals surface area contributed by atoms with Gasteiger partial charge in [-0.2, -0.15) is 0 Å². The zero-order valence-electron chi connectivity index (χ0n) is 14.6. The summed E-state index contributed by atoms with van der Waals surface area (Å²) < 4.78 is 2.05. The molecule has 2 atom stereocenters. The maximum Gasteiger partial charge on any atom is 0.289 e. The predicted octanol–water partition coefficient (Wildman–Crippen LogP) is 2.13. The van der Waals surface area contributed by atoms with E-state index in [2.05, 4.69) is 32.5 Å². The van der Waals surface area contributed by atoms with Crippen molar-refractivity contribution in [3.05, 3.63) is 46.5 Å². The lowest BCUT2D eigenvalue weighted by molar-refractivity contribution is 0.0932. The van der Waals surface area contributed by atoms with Gasteiger partial charge in [-0.1, -0.05) is 23.7 Å². The van der Waals surface area contributed by atoms with Crippen LogP contribution in [0.25, 0.3) is 0 Å². The lowest BCUT2D eigenvalue weighted by atomic mass is 9.89. The molecule has 1 aliphatic carbocycles. The van der Waals surface area contributed by atoms with E-state index in [0.29, 0.717) is 23.7 Å². The SMILES string of the molecule is O=C(NC1CC1)c1nnc2n1C[C@@H]1CN(Cc3ccc(Cl)cc3)C[C@H]1C2. The van der Waals surface area contributed by atoms with Crippen molar-refractivity contribution in [1.82, 2.24) is 25.0 Å². The highest BCUT2D eigenvalue weighted by Gasteiger charge is 2.39. The molecule has 1 aromatic carbocycles. The van der Waals surface area contributed by atoms with Crippen LogP contribution in [0.1, 0.15) is 34.8 Å². The predicted molar refractivity (Wildman–Crippen MR) is 97.9 cm³/mol. The lowest BCUT2D eigenvalue weighted by Gasteiger charge is -2.25. The van der Waals surface area contributed by atoms with Crippen molar-refractivity contribution < 1.29 is 4.79 Å². The Hall–Kier alpha value is -1.92. The zero-order valence-corrected chi connectivity index (χ0v) is 15.3. The van der Waals surface area contributed by atoms with E-state index in [1.165, 1.54) is 5.56 Å². The third-order valence-electron chi connectivity index (χ3n) is 5.78. The summed E-state index contributed by atoms with van der Waals surface area (Å²) >= 11 is 5.98. The number of hydrogen-bond acceptors (Lipinski definition) is 4. The van der Waals surface area contributed by atoms with Gasteiger partial charge in [-0.25, -0.2) is 0 Å². The summed E-state index contributed by atoms with van der Waals surface area (Å²) in [6.07, 6.45) is 3.07. The fourth-order valence-electron chi connectivity index (χ4n) is 4.24. The van der Waals surface area contributed by atoms with Crippen LogP contribution in [-0.2, 0) is 19.5 Å². The van der Waals surface area contributed by atoms with E-state index in [0.717, 1.165) is 56.3 Å². The number of amides is 1. The summed E-state index contributed by atoms with van der Waals surface area (Å²) in [5.74, 6) is 2.53. The van der Waals surface area contributed by atoms with Crippen LogP contribution in [0.5, 0.6) is 0 Å².